The number of nitrogen functional groups attached to an aromatic ring is 3. The molecule has 0 bridgehead atoms. The molecular formula is C42H64F2N8O2. The summed E-state index contributed by atoms with van der Waals surface area (Å²) in [6.45, 7) is 22.6. The fourth-order valence-corrected chi connectivity index (χ4v) is 7.08. The van der Waals surface area contributed by atoms with Gasteiger partial charge in [-0.25, -0.2) is 13.6 Å². The molecule has 1 amide bonds. The van der Waals surface area contributed by atoms with Gasteiger partial charge in [0, 0.05) is 101 Å². The third-order valence-corrected chi connectivity index (χ3v) is 9.81. The Morgan fingerprint density at radius 3 is 1.70 bits per heavy atom. The molecule has 3 aromatic rings. The molecule has 0 unspecified atom stereocenters. The fourth-order valence-electron chi connectivity index (χ4n) is 7.08. The first-order chi connectivity index (χ1) is 25.3. The third kappa shape index (κ3) is 14.4. The van der Waals surface area contributed by atoms with E-state index in [9.17, 15) is 13.6 Å². The van der Waals surface area contributed by atoms with E-state index in [0.29, 0.717) is 44.0 Å². The van der Waals surface area contributed by atoms with Crippen LogP contribution in [0.2, 0.25) is 0 Å². The number of benzene rings is 3. The van der Waals surface area contributed by atoms with Crippen molar-refractivity contribution in [3.63, 3.8) is 0 Å². The molecule has 0 aromatic heterocycles. The first-order valence-corrected chi connectivity index (χ1v) is 19.2. The van der Waals surface area contributed by atoms with Crippen LogP contribution in [0.25, 0.3) is 0 Å². The van der Waals surface area contributed by atoms with Crippen molar-refractivity contribution in [3.8, 4) is 0 Å². The Morgan fingerprint density at radius 1 is 0.741 bits per heavy atom. The highest BCUT2D eigenvalue weighted by molar-refractivity contribution is 5.68. The molecular weight excluding hydrogens is 687 g/mol. The summed E-state index contributed by atoms with van der Waals surface area (Å²) in [5.41, 5.74) is 25.3. The molecule has 3 aromatic carbocycles. The smallest absolute Gasteiger partial charge is 0.410 e. The first kappa shape index (κ1) is 42.8. The molecule has 0 saturated carbocycles. The van der Waals surface area contributed by atoms with Crippen molar-refractivity contribution in [2.45, 2.75) is 98.1 Å². The lowest BCUT2D eigenvalue weighted by Gasteiger charge is -2.36. The van der Waals surface area contributed by atoms with Gasteiger partial charge in [0.2, 0.25) is 0 Å². The van der Waals surface area contributed by atoms with E-state index in [1.807, 2.05) is 51.1 Å². The number of alkyl halides is 2. The summed E-state index contributed by atoms with van der Waals surface area (Å²) in [5, 5.41) is 3.56. The van der Waals surface area contributed by atoms with E-state index >= 15 is 0 Å². The van der Waals surface area contributed by atoms with Crippen molar-refractivity contribution < 1.29 is 18.3 Å². The molecule has 3 aliphatic heterocycles. The van der Waals surface area contributed by atoms with Gasteiger partial charge in [-0.1, -0.05) is 24.3 Å². The largest absolute Gasteiger partial charge is 0.444 e. The SMILES string of the molecule is Cc1cc(N)ccc1CN1CCN(C(=O)OC(C)(C)C)CC1.Cc1cc(N)ccc1CN1C[C@@H](C)N[C@@H](C)C1.Nc1ccc(CN2CCC(F)(F)C2)cc1. The highest BCUT2D eigenvalue weighted by Gasteiger charge is 2.37. The van der Waals surface area contributed by atoms with Gasteiger partial charge < -0.3 is 32.2 Å². The molecule has 0 spiro atoms. The van der Waals surface area contributed by atoms with Gasteiger partial charge in [-0.05, 0) is 113 Å². The Bertz CT molecular complexity index is 1630. The minimum Gasteiger partial charge on any atom is -0.444 e. The van der Waals surface area contributed by atoms with Gasteiger partial charge in [-0.2, -0.15) is 0 Å². The van der Waals surface area contributed by atoms with Crippen LogP contribution < -0.4 is 22.5 Å². The average molecular weight is 751 g/mol. The Kier molecular flexibility index (Phi) is 15.1. The van der Waals surface area contributed by atoms with Crippen molar-refractivity contribution in [3.05, 3.63) is 88.5 Å². The van der Waals surface area contributed by atoms with Gasteiger partial charge in [-0.15, -0.1) is 0 Å². The second-order valence-electron chi connectivity index (χ2n) is 16.3. The quantitative estimate of drug-likeness (QED) is 0.209. The Labute approximate surface area is 322 Å². The lowest BCUT2D eigenvalue weighted by atomic mass is 10.1. The number of piperazine rings is 2. The molecule has 3 fully saturated rings. The van der Waals surface area contributed by atoms with Gasteiger partial charge in [0.25, 0.3) is 5.92 Å². The van der Waals surface area contributed by atoms with E-state index in [1.54, 1.807) is 21.9 Å². The number of nitrogens with two attached hydrogens (primary N) is 3. The summed E-state index contributed by atoms with van der Waals surface area (Å²) in [7, 11) is 0. The van der Waals surface area contributed by atoms with Crippen LogP contribution in [0.4, 0.5) is 30.6 Å². The van der Waals surface area contributed by atoms with Crippen LogP contribution in [0.3, 0.4) is 0 Å². The molecule has 2 atom stereocenters. The second-order valence-corrected chi connectivity index (χ2v) is 16.3. The van der Waals surface area contributed by atoms with Crippen molar-refractivity contribution in [1.29, 1.82) is 0 Å². The van der Waals surface area contributed by atoms with Crippen LogP contribution in [0.1, 0.15) is 68.9 Å². The van der Waals surface area contributed by atoms with Crippen LogP contribution in [0, 0.1) is 13.8 Å². The van der Waals surface area contributed by atoms with Gasteiger partial charge in [-0.3, -0.25) is 14.7 Å². The van der Waals surface area contributed by atoms with Crippen LogP contribution in [-0.2, 0) is 24.4 Å². The highest BCUT2D eigenvalue weighted by Crippen LogP contribution is 2.28. The van der Waals surface area contributed by atoms with Crippen molar-refractivity contribution in [2.24, 2.45) is 0 Å². The fraction of sp³-hybridized carbons (Fsp3) is 0.548. The number of hydrogen-bond acceptors (Lipinski definition) is 9. The van der Waals surface area contributed by atoms with E-state index in [4.69, 9.17) is 21.9 Å². The van der Waals surface area contributed by atoms with Crippen molar-refractivity contribution >= 4 is 23.2 Å². The average Bonchev–Trinajstić information content (AvgIpc) is 3.42. The summed E-state index contributed by atoms with van der Waals surface area (Å²) < 4.78 is 31.2. The number of nitrogens with one attached hydrogen (secondary N) is 1. The molecule has 3 saturated heterocycles. The Balaban J connectivity index is 0.000000184. The number of hydrogen-bond donors (Lipinski definition) is 4. The van der Waals surface area contributed by atoms with E-state index in [1.165, 1.54) is 22.3 Å². The first-order valence-electron chi connectivity index (χ1n) is 19.2. The number of amides is 1. The van der Waals surface area contributed by atoms with E-state index in [-0.39, 0.29) is 19.1 Å². The van der Waals surface area contributed by atoms with E-state index < -0.39 is 11.5 Å². The number of carbonyl (C=O) groups is 1. The monoisotopic (exact) mass is 751 g/mol. The Hall–Kier alpha value is -3.97. The van der Waals surface area contributed by atoms with Crippen molar-refractivity contribution in [2.75, 3.05) is 69.6 Å². The topological polar surface area (TPSA) is 129 Å². The molecule has 7 N–H and O–H groups in total. The summed E-state index contributed by atoms with van der Waals surface area (Å²) >= 11 is 0. The molecule has 0 radical (unpaired) electrons. The summed E-state index contributed by atoms with van der Waals surface area (Å²) in [5.74, 6) is -2.51. The van der Waals surface area contributed by atoms with Crippen LogP contribution in [0.15, 0.2) is 60.7 Å². The maximum Gasteiger partial charge on any atom is 0.410 e. The van der Waals surface area contributed by atoms with Gasteiger partial charge in [0.15, 0.2) is 0 Å². The maximum absolute atomic E-state index is 12.9. The zero-order valence-corrected chi connectivity index (χ0v) is 33.5. The summed E-state index contributed by atoms with van der Waals surface area (Å²) in [6, 6.07) is 20.8. The third-order valence-electron chi connectivity index (χ3n) is 9.81. The Morgan fingerprint density at radius 2 is 1.24 bits per heavy atom. The predicted octanol–water partition coefficient (Wildman–Crippen LogP) is 6.50. The summed E-state index contributed by atoms with van der Waals surface area (Å²) in [4.78, 5) is 20.5. The standard InChI is InChI=1S/C17H27N3O2.C14H23N3.C11H14F2N2/c1-13-11-15(18)6-5-14(13)12-19-7-9-20(10-8-19)16(21)22-17(2,3)4;1-10-6-14(15)5-4-13(10)9-17-7-11(2)16-12(3)8-17;12-11(13)5-6-15(8-11)7-9-1-3-10(14)4-2-9/h5-6,11H,7-10,12,18H2,1-4H3;4-6,11-12,16H,7-9,15H2,1-3H3;1-4H,5-8,14H2/t;11-,12+;. The zero-order chi connectivity index (χ0) is 39.6. The number of likely N-dealkylation sites (tertiary alicyclic amines) is 1. The molecule has 298 valence electrons. The highest BCUT2D eigenvalue weighted by atomic mass is 19.3. The number of rotatable bonds is 6. The second kappa shape index (κ2) is 19.1. The minimum absolute atomic E-state index is 0.0258. The van der Waals surface area contributed by atoms with Gasteiger partial charge in [0.1, 0.15) is 5.60 Å². The van der Waals surface area contributed by atoms with Crippen molar-refractivity contribution in [1.82, 2.24) is 24.9 Å². The van der Waals surface area contributed by atoms with Gasteiger partial charge >= 0.3 is 6.09 Å². The van der Waals surface area contributed by atoms with Crippen LogP contribution in [0.5, 0.6) is 0 Å². The lowest BCUT2D eigenvalue weighted by molar-refractivity contribution is 0.0112. The van der Waals surface area contributed by atoms with E-state index in [0.717, 1.165) is 56.2 Å². The zero-order valence-electron chi connectivity index (χ0n) is 33.5. The molecule has 6 rings (SSSR count). The number of aryl methyl sites for hydroxylation is 2. The van der Waals surface area contributed by atoms with Crippen LogP contribution >= 0.6 is 0 Å². The minimum atomic E-state index is -2.51. The number of carbonyl (C=O) groups excluding carboxylic acids is 1. The predicted molar refractivity (Wildman–Crippen MR) is 217 cm³/mol. The summed E-state index contributed by atoms with van der Waals surface area (Å²) in [6.07, 6.45) is -0.238. The van der Waals surface area contributed by atoms with Gasteiger partial charge in [0.05, 0.1) is 6.54 Å². The number of nitrogens with zero attached hydrogens (tertiary/aromatic N) is 4. The van der Waals surface area contributed by atoms with Crippen LogP contribution in [-0.4, -0.2) is 102 Å². The normalized spacial score (nSPS) is 20.7. The molecule has 10 nitrogen and oxygen atoms in total. The lowest BCUT2D eigenvalue weighted by Crippen LogP contribution is -2.53. The number of anilines is 3. The molecule has 54 heavy (non-hydrogen) atoms. The maximum atomic E-state index is 12.9. The molecule has 12 heteroatoms. The molecule has 0 aliphatic carbocycles. The number of halogens is 2. The van der Waals surface area contributed by atoms with E-state index in [2.05, 4.69) is 61.0 Å². The molecule has 3 heterocycles. The molecule has 3 aliphatic rings. The number of ether oxygens (including phenoxy) is 1.